The van der Waals surface area contributed by atoms with Gasteiger partial charge in [0, 0.05) is 23.7 Å². The van der Waals surface area contributed by atoms with Crippen molar-refractivity contribution in [3.05, 3.63) is 47.7 Å². The SMILES string of the molecule is Nc1ccc(C(=O)N2CCOCC(NC(=O)C3CSc4ccccc43)C2)nc1N. The molecule has 2 aliphatic rings. The average Bonchev–Trinajstić information content (AvgIpc) is 3.02. The van der Waals surface area contributed by atoms with Crippen molar-refractivity contribution in [1.82, 2.24) is 15.2 Å². The summed E-state index contributed by atoms with van der Waals surface area (Å²) in [4.78, 5) is 32.6. The van der Waals surface area contributed by atoms with Crippen molar-refractivity contribution in [2.75, 3.05) is 43.5 Å². The molecule has 3 heterocycles. The van der Waals surface area contributed by atoms with Gasteiger partial charge in [-0.05, 0) is 23.8 Å². The number of nitrogens with one attached hydrogen (secondary N) is 1. The third kappa shape index (κ3) is 4.15. The van der Waals surface area contributed by atoms with E-state index in [2.05, 4.69) is 10.3 Å². The van der Waals surface area contributed by atoms with Crippen molar-refractivity contribution in [2.45, 2.75) is 16.9 Å². The summed E-state index contributed by atoms with van der Waals surface area (Å²) in [5.41, 5.74) is 13.0. The first-order valence-corrected chi connectivity index (χ1v) is 10.4. The van der Waals surface area contributed by atoms with Crippen molar-refractivity contribution in [1.29, 1.82) is 0 Å². The van der Waals surface area contributed by atoms with E-state index < -0.39 is 0 Å². The summed E-state index contributed by atoms with van der Waals surface area (Å²) in [6, 6.07) is 10.8. The second-order valence-electron chi connectivity index (χ2n) is 7.10. The Bertz CT molecular complexity index is 938. The molecule has 2 unspecified atom stereocenters. The average molecular weight is 414 g/mol. The molecule has 2 aromatic rings. The summed E-state index contributed by atoms with van der Waals surface area (Å²) in [5, 5.41) is 3.06. The Morgan fingerprint density at radius 1 is 1.21 bits per heavy atom. The Hall–Kier alpha value is -2.78. The van der Waals surface area contributed by atoms with Crippen LogP contribution in [0.25, 0.3) is 0 Å². The standard InChI is InChI=1S/C20H23N5O3S/c21-15-5-6-16(24-18(15)22)20(27)25-7-8-28-10-12(9-25)23-19(26)14-11-29-17-4-2-1-3-13(14)17/h1-6,12,14H,7-11,21H2,(H2,22,24)(H,23,26). The van der Waals surface area contributed by atoms with Crippen molar-refractivity contribution >= 4 is 35.1 Å². The first kappa shape index (κ1) is 19.5. The molecule has 8 nitrogen and oxygen atoms in total. The molecule has 152 valence electrons. The van der Waals surface area contributed by atoms with Gasteiger partial charge in [0.15, 0.2) is 0 Å². The summed E-state index contributed by atoms with van der Waals surface area (Å²) in [5.74, 6) is 0.352. The van der Waals surface area contributed by atoms with Gasteiger partial charge < -0.3 is 26.4 Å². The van der Waals surface area contributed by atoms with Gasteiger partial charge in [0.25, 0.3) is 5.91 Å². The number of carbonyl (C=O) groups is 2. The van der Waals surface area contributed by atoms with Gasteiger partial charge in [0.05, 0.1) is 30.9 Å². The molecule has 1 aromatic heterocycles. The predicted octanol–water partition coefficient (Wildman–Crippen LogP) is 1.09. The van der Waals surface area contributed by atoms with E-state index in [1.165, 1.54) is 0 Å². The van der Waals surface area contributed by atoms with Crippen LogP contribution >= 0.6 is 11.8 Å². The first-order chi connectivity index (χ1) is 14.0. The number of pyridine rings is 1. The van der Waals surface area contributed by atoms with Gasteiger partial charge in [-0.3, -0.25) is 9.59 Å². The quantitative estimate of drug-likeness (QED) is 0.688. The van der Waals surface area contributed by atoms with Crippen LogP contribution in [0.2, 0.25) is 0 Å². The van der Waals surface area contributed by atoms with Crippen LogP contribution in [0.1, 0.15) is 22.0 Å². The zero-order chi connectivity index (χ0) is 20.4. The first-order valence-electron chi connectivity index (χ1n) is 9.44. The highest BCUT2D eigenvalue weighted by molar-refractivity contribution is 7.99. The van der Waals surface area contributed by atoms with Crippen LogP contribution in [0.5, 0.6) is 0 Å². The van der Waals surface area contributed by atoms with Crippen LogP contribution in [0.15, 0.2) is 41.3 Å². The molecule has 1 fully saturated rings. The van der Waals surface area contributed by atoms with E-state index in [9.17, 15) is 9.59 Å². The minimum atomic E-state index is -0.294. The number of thioether (sulfide) groups is 1. The zero-order valence-electron chi connectivity index (χ0n) is 15.8. The molecule has 0 aliphatic carbocycles. The number of nitrogens with zero attached hydrogens (tertiary/aromatic N) is 2. The molecule has 5 N–H and O–H groups in total. The number of benzene rings is 1. The number of nitrogens with two attached hydrogens (primary N) is 2. The number of amides is 2. The minimum Gasteiger partial charge on any atom is -0.396 e. The molecule has 2 atom stereocenters. The second-order valence-corrected chi connectivity index (χ2v) is 8.17. The number of hydrogen-bond donors (Lipinski definition) is 3. The Morgan fingerprint density at radius 3 is 2.86 bits per heavy atom. The predicted molar refractivity (Wildman–Crippen MR) is 112 cm³/mol. The van der Waals surface area contributed by atoms with Crippen molar-refractivity contribution in [2.24, 2.45) is 0 Å². The van der Waals surface area contributed by atoms with Crippen molar-refractivity contribution < 1.29 is 14.3 Å². The molecule has 0 saturated carbocycles. The van der Waals surface area contributed by atoms with E-state index in [0.29, 0.717) is 32.0 Å². The van der Waals surface area contributed by atoms with E-state index in [1.54, 1.807) is 28.8 Å². The summed E-state index contributed by atoms with van der Waals surface area (Å²) in [6.07, 6.45) is 0. The van der Waals surface area contributed by atoms with Crippen LogP contribution in [-0.2, 0) is 9.53 Å². The number of fused-ring (bicyclic) bond motifs is 1. The fraction of sp³-hybridized carbons (Fsp3) is 0.350. The molecule has 29 heavy (non-hydrogen) atoms. The van der Waals surface area contributed by atoms with Gasteiger partial charge >= 0.3 is 0 Å². The maximum atomic E-state index is 12.9. The zero-order valence-corrected chi connectivity index (χ0v) is 16.7. The number of hydrogen-bond acceptors (Lipinski definition) is 7. The minimum absolute atomic E-state index is 0.0415. The summed E-state index contributed by atoms with van der Waals surface area (Å²) >= 11 is 1.69. The Labute approximate surface area is 173 Å². The van der Waals surface area contributed by atoms with Gasteiger partial charge in [-0.2, -0.15) is 0 Å². The maximum Gasteiger partial charge on any atom is 0.272 e. The molecule has 0 spiro atoms. The molecule has 9 heteroatoms. The van der Waals surface area contributed by atoms with Crippen LogP contribution in [0.4, 0.5) is 11.5 Å². The fourth-order valence-electron chi connectivity index (χ4n) is 3.53. The number of anilines is 2. The largest absolute Gasteiger partial charge is 0.396 e. The highest BCUT2D eigenvalue weighted by Crippen LogP contribution is 2.39. The lowest BCUT2D eigenvalue weighted by Gasteiger charge is -2.25. The van der Waals surface area contributed by atoms with Crippen LogP contribution in [0.3, 0.4) is 0 Å². The highest BCUT2D eigenvalue weighted by atomic mass is 32.2. The lowest BCUT2D eigenvalue weighted by Crippen LogP contribution is -2.47. The van der Waals surface area contributed by atoms with E-state index in [0.717, 1.165) is 16.2 Å². The number of carbonyl (C=O) groups excluding carboxylic acids is 2. The molecule has 2 amide bonds. The van der Waals surface area contributed by atoms with E-state index in [4.69, 9.17) is 16.2 Å². The van der Waals surface area contributed by atoms with E-state index in [-0.39, 0.29) is 35.3 Å². The molecular weight excluding hydrogens is 390 g/mol. The second kappa shape index (κ2) is 8.30. The topological polar surface area (TPSA) is 124 Å². The Kier molecular flexibility index (Phi) is 5.59. The molecule has 0 radical (unpaired) electrons. The fourth-order valence-corrected chi connectivity index (χ4v) is 4.76. The van der Waals surface area contributed by atoms with Crippen LogP contribution in [0, 0.1) is 0 Å². The third-order valence-corrected chi connectivity index (χ3v) is 6.27. The van der Waals surface area contributed by atoms with E-state index >= 15 is 0 Å². The van der Waals surface area contributed by atoms with Gasteiger partial charge in [0.1, 0.15) is 11.5 Å². The molecule has 4 rings (SSSR count). The summed E-state index contributed by atoms with van der Waals surface area (Å²) in [6.45, 7) is 1.51. The number of rotatable bonds is 3. The smallest absolute Gasteiger partial charge is 0.272 e. The molecule has 2 aliphatic heterocycles. The Balaban J connectivity index is 1.44. The number of aromatic nitrogens is 1. The van der Waals surface area contributed by atoms with Crippen molar-refractivity contribution in [3.8, 4) is 0 Å². The van der Waals surface area contributed by atoms with Gasteiger partial charge in [-0.25, -0.2) is 4.98 Å². The van der Waals surface area contributed by atoms with Crippen molar-refractivity contribution in [3.63, 3.8) is 0 Å². The monoisotopic (exact) mass is 413 g/mol. The lowest BCUT2D eigenvalue weighted by atomic mass is 10.00. The van der Waals surface area contributed by atoms with E-state index in [1.807, 2.05) is 24.3 Å². The van der Waals surface area contributed by atoms with Crippen LogP contribution in [-0.4, -0.2) is 59.8 Å². The maximum absolute atomic E-state index is 12.9. The molecule has 1 aromatic carbocycles. The normalized spacial score (nSPS) is 21.3. The Morgan fingerprint density at radius 2 is 2.03 bits per heavy atom. The molecule has 1 saturated heterocycles. The van der Waals surface area contributed by atoms with Gasteiger partial charge in [-0.15, -0.1) is 11.8 Å². The van der Waals surface area contributed by atoms with Gasteiger partial charge in [-0.1, -0.05) is 18.2 Å². The van der Waals surface area contributed by atoms with Gasteiger partial charge in [0.2, 0.25) is 5.91 Å². The summed E-state index contributed by atoms with van der Waals surface area (Å²) in [7, 11) is 0. The summed E-state index contributed by atoms with van der Waals surface area (Å²) < 4.78 is 5.62. The number of nitrogen functional groups attached to an aromatic ring is 2. The molecule has 0 bridgehead atoms. The number of ether oxygens (including phenoxy) is 1. The van der Waals surface area contributed by atoms with Crippen LogP contribution < -0.4 is 16.8 Å². The molecular formula is C20H23N5O3S. The highest BCUT2D eigenvalue weighted by Gasteiger charge is 2.32. The third-order valence-electron chi connectivity index (χ3n) is 5.09. The lowest BCUT2D eigenvalue weighted by molar-refractivity contribution is -0.123.